The fourth-order valence-electron chi connectivity index (χ4n) is 5.99. The Morgan fingerprint density at radius 3 is 2.44 bits per heavy atom. The van der Waals surface area contributed by atoms with Crippen molar-refractivity contribution < 1.29 is 4.74 Å². The van der Waals surface area contributed by atoms with Crippen molar-refractivity contribution in [1.82, 2.24) is 20.0 Å². The lowest BCUT2D eigenvalue weighted by molar-refractivity contribution is 0.316. The molecule has 5 nitrogen and oxygen atoms in total. The molecule has 5 rings (SSSR count). The number of likely N-dealkylation sites (N-methyl/N-ethyl adjacent to an activating group) is 1. The molecule has 1 fully saturated rings. The lowest BCUT2D eigenvalue weighted by Crippen LogP contribution is -2.21. The maximum atomic E-state index is 6.06. The first-order valence-corrected chi connectivity index (χ1v) is 15.8. The fraction of sp³-hybridized carbons (Fsp3) is 0.342. The number of aromatic nitrogens is 2. The number of fused-ring (bicyclic) bond motifs is 1. The van der Waals surface area contributed by atoms with Crippen LogP contribution in [0.25, 0.3) is 22.0 Å². The van der Waals surface area contributed by atoms with Gasteiger partial charge >= 0.3 is 0 Å². The minimum atomic E-state index is 0.518. The molecule has 1 aromatic heterocycles. The van der Waals surface area contributed by atoms with Gasteiger partial charge in [-0.3, -0.25) is 4.68 Å². The summed E-state index contributed by atoms with van der Waals surface area (Å²) >= 11 is 0. The molecule has 5 heteroatoms. The van der Waals surface area contributed by atoms with E-state index in [0.717, 1.165) is 31.0 Å². The summed E-state index contributed by atoms with van der Waals surface area (Å²) in [6, 6.07) is 26.8. The van der Waals surface area contributed by atoms with Crippen LogP contribution in [0.1, 0.15) is 68.2 Å². The third-order valence-corrected chi connectivity index (χ3v) is 8.42. The molecule has 1 saturated carbocycles. The Labute approximate surface area is 257 Å². The zero-order chi connectivity index (χ0) is 30.0. The zero-order valence-electron chi connectivity index (χ0n) is 26.1. The molecule has 0 spiro atoms. The number of ether oxygens (including phenoxy) is 1. The van der Waals surface area contributed by atoms with Crippen LogP contribution in [-0.4, -0.2) is 48.5 Å². The lowest BCUT2D eigenvalue weighted by Gasteiger charge is -2.23. The first-order chi connectivity index (χ1) is 21.0. The van der Waals surface area contributed by atoms with Crippen LogP contribution in [0.4, 0.5) is 0 Å². The van der Waals surface area contributed by atoms with Gasteiger partial charge in [-0.1, -0.05) is 87.4 Å². The molecular weight excluding hydrogens is 528 g/mol. The molecule has 1 aliphatic carbocycles. The SMILES string of the molecule is C=C(/C=C/CNCCOc1ccc(/C(=C(/CC)c2ccccc2)c2ccc3c(cnn3C3CCCCC3)c2)cc1)N(C)C. The Balaban J connectivity index is 1.36. The van der Waals surface area contributed by atoms with E-state index in [2.05, 4.69) is 109 Å². The number of nitrogens with zero attached hydrogens (tertiary/aromatic N) is 3. The Morgan fingerprint density at radius 2 is 1.72 bits per heavy atom. The minimum absolute atomic E-state index is 0.518. The Kier molecular flexibility index (Phi) is 10.5. The molecule has 224 valence electrons. The highest BCUT2D eigenvalue weighted by Crippen LogP contribution is 2.37. The molecule has 4 aromatic rings. The van der Waals surface area contributed by atoms with Gasteiger partial charge in [-0.15, -0.1) is 0 Å². The van der Waals surface area contributed by atoms with Gasteiger partial charge in [0.15, 0.2) is 0 Å². The number of hydrogen-bond donors (Lipinski definition) is 1. The Morgan fingerprint density at radius 1 is 0.977 bits per heavy atom. The van der Waals surface area contributed by atoms with E-state index in [1.165, 1.54) is 70.8 Å². The molecular formula is C38H46N4O. The first kappa shape index (κ1) is 30.4. The van der Waals surface area contributed by atoms with Crippen molar-refractivity contribution in [3.63, 3.8) is 0 Å². The number of hydrogen-bond acceptors (Lipinski definition) is 4. The third kappa shape index (κ3) is 7.66. The van der Waals surface area contributed by atoms with Gasteiger partial charge in [-0.25, -0.2) is 0 Å². The average Bonchev–Trinajstić information content (AvgIpc) is 3.47. The van der Waals surface area contributed by atoms with Crippen molar-refractivity contribution in [3.05, 3.63) is 120 Å². The van der Waals surface area contributed by atoms with E-state index in [9.17, 15) is 0 Å². The highest BCUT2D eigenvalue weighted by Gasteiger charge is 2.19. The number of nitrogens with one attached hydrogen (secondary N) is 1. The van der Waals surface area contributed by atoms with Gasteiger partial charge in [0.05, 0.1) is 17.8 Å². The van der Waals surface area contributed by atoms with Crippen molar-refractivity contribution in [1.29, 1.82) is 0 Å². The molecule has 1 N–H and O–H groups in total. The van der Waals surface area contributed by atoms with Crippen LogP contribution >= 0.6 is 0 Å². The molecule has 3 aromatic carbocycles. The van der Waals surface area contributed by atoms with Crippen LogP contribution in [-0.2, 0) is 0 Å². The summed E-state index contributed by atoms with van der Waals surface area (Å²) in [6.45, 7) is 8.42. The number of allylic oxidation sites excluding steroid dienone is 2. The monoisotopic (exact) mass is 574 g/mol. The number of rotatable bonds is 13. The molecule has 0 aliphatic heterocycles. The van der Waals surface area contributed by atoms with Gasteiger partial charge < -0.3 is 15.0 Å². The van der Waals surface area contributed by atoms with Crippen molar-refractivity contribution in [2.24, 2.45) is 0 Å². The second-order valence-corrected chi connectivity index (χ2v) is 11.6. The summed E-state index contributed by atoms with van der Waals surface area (Å²) in [7, 11) is 3.99. The highest BCUT2D eigenvalue weighted by molar-refractivity contribution is 6.00. The summed E-state index contributed by atoms with van der Waals surface area (Å²) in [6.07, 6.45) is 13.5. The van der Waals surface area contributed by atoms with E-state index in [1.807, 2.05) is 25.1 Å². The molecule has 0 unspecified atom stereocenters. The maximum Gasteiger partial charge on any atom is 0.119 e. The largest absolute Gasteiger partial charge is 0.492 e. The summed E-state index contributed by atoms with van der Waals surface area (Å²) in [5.74, 6) is 0.878. The van der Waals surface area contributed by atoms with Crippen molar-refractivity contribution in [2.45, 2.75) is 51.5 Å². The molecule has 0 bridgehead atoms. The average molecular weight is 575 g/mol. The molecule has 0 atom stereocenters. The van der Waals surface area contributed by atoms with Crippen molar-refractivity contribution >= 4 is 22.0 Å². The van der Waals surface area contributed by atoms with Gasteiger partial charge in [0, 0.05) is 38.3 Å². The summed E-state index contributed by atoms with van der Waals surface area (Å²) in [4.78, 5) is 2.00. The number of benzene rings is 3. The van der Waals surface area contributed by atoms with Crippen LogP contribution < -0.4 is 10.1 Å². The topological polar surface area (TPSA) is 42.3 Å². The predicted molar refractivity (Wildman–Crippen MR) is 181 cm³/mol. The zero-order valence-corrected chi connectivity index (χ0v) is 26.1. The molecule has 43 heavy (non-hydrogen) atoms. The quantitative estimate of drug-likeness (QED) is 0.0987. The molecule has 0 radical (unpaired) electrons. The van der Waals surface area contributed by atoms with E-state index in [-0.39, 0.29) is 0 Å². The second kappa shape index (κ2) is 14.9. The van der Waals surface area contributed by atoms with E-state index in [0.29, 0.717) is 12.6 Å². The fourth-order valence-corrected chi connectivity index (χ4v) is 5.99. The van der Waals surface area contributed by atoms with E-state index >= 15 is 0 Å². The lowest BCUT2D eigenvalue weighted by atomic mass is 9.88. The van der Waals surface area contributed by atoms with Gasteiger partial charge in [0.1, 0.15) is 12.4 Å². The summed E-state index contributed by atoms with van der Waals surface area (Å²) in [5.41, 5.74) is 8.49. The van der Waals surface area contributed by atoms with Crippen LogP contribution in [0.5, 0.6) is 5.75 Å². The van der Waals surface area contributed by atoms with E-state index in [4.69, 9.17) is 9.84 Å². The van der Waals surface area contributed by atoms with Crippen LogP contribution in [0.3, 0.4) is 0 Å². The summed E-state index contributed by atoms with van der Waals surface area (Å²) in [5, 5.41) is 9.46. The smallest absolute Gasteiger partial charge is 0.119 e. The van der Waals surface area contributed by atoms with Crippen LogP contribution in [0.15, 0.2) is 103 Å². The van der Waals surface area contributed by atoms with Gasteiger partial charge in [0.25, 0.3) is 0 Å². The van der Waals surface area contributed by atoms with Gasteiger partial charge in [-0.2, -0.15) is 5.10 Å². The van der Waals surface area contributed by atoms with Crippen molar-refractivity contribution in [2.75, 3.05) is 33.8 Å². The predicted octanol–water partition coefficient (Wildman–Crippen LogP) is 8.51. The summed E-state index contributed by atoms with van der Waals surface area (Å²) < 4.78 is 8.34. The Bertz CT molecular complexity index is 1540. The molecule has 1 heterocycles. The maximum absolute atomic E-state index is 6.06. The van der Waals surface area contributed by atoms with Gasteiger partial charge in [-0.05, 0) is 77.4 Å². The highest BCUT2D eigenvalue weighted by atomic mass is 16.5. The van der Waals surface area contributed by atoms with Crippen LogP contribution in [0.2, 0.25) is 0 Å². The van der Waals surface area contributed by atoms with Crippen molar-refractivity contribution in [3.8, 4) is 5.75 Å². The van der Waals surface area contributed by atoms with Crippen LogP contribution in [0, 0.1) is 0 Å². The third-order valence-electron chi connectivity index (χ3n) is 8.42. The first-order valence-electron chi connectivity index (χ1n) is 15.8. The standard InChI is InChI=1S/C38H46N4O/c1-5-36(30-14-8-6-9-15-30)38(32-20-23-37-33(27-32)28-40-42(37)34-16-10-7-11-17-34)31-18-21-35(22-19-31)43-26-25-39-24-12-13-29(2)41(3)4/h6,8-9,12-15,18-23,27-28,34,39H,2,5,7,10-11,16-17,24-26H2,1,3-4H3/b13-12+,38-36+. The normalized spacial score (nSPS) is 14.7. The van der Waals surface area contributed by atoms with E-state index < -0.39 is 0 Å². The molecule has 0 saturated heterocycles. The second-order valence-electron chi connectivity index (χ2n) is 11.6. The van der Waals surface area contributed by atoms with Gasteiger partial charge in [0.2, 0.25) is 0 Å². The molecule has 1 aliphatic rings. The van der Waals surface area contributed by atoms with E-state index in [1.54, 1.807) is 0 Å². The Hall–Kier alpha value is -4.09. The molecule has 0 amide bonds. The minimum Gasteiger partial charge on any atom is -0.492 e.